The molecule has 0 radical (unpaired) electrons. The van der Waals surface area contributed by atoms with Crippen LogP contribution in [0.1, 0.15) is 22.3 Å². The van der Waals surface area contributed by atoms with Crippen LogP contribution in [0.5, 0.6) is 11.5 Å². The van der Waals surface area contributed by atoms with E-state index in [1.54, 1.807) is 0 Å². The lowest BCUT2D eigenvalue weighted by Gasteiger charge is -2.37. The summed E-state index contributed by atoms with van der Waals surface area (Å²) in [6, 6.07) is 57.2. The van der Waals surface area contributed by atoms with Crippen molar-refractivity contribution in [2.75, 3.05) is 4.90 Å². The highest BCUT2D eigenvalue weighted by Gasteiger charge is 2.52. The van der Waals surface area contributed by atoms with Gasteiger partial charge in [0.1, 0.15) is 0 Å². The van der Waals surface area contributed by atoms with Gasteiger partial charge in [-0.3, -0.25) is 0 Å². The Bertz CT molecular complexity index is 2840. The predicted molar refractivity (Wildman–Crippen MR) is 217 cm³/mol. The normalized spacial score (nSPS) is 17.9. The molecule has 1 unspecified atom stereocenters. The molecule has 250 valence electrons. The number of hydrogen-bond acceptors (Lipinski definition) is 4. The average Bonchev–Trinajstić information content (AvgIpc) is 3.83. The van der Waals surface area contributed by atoms with Crippen LogP contribution in [0.15, 0.2) is 182 Å². The molecule has 7 aromatic carbocycles. The SMILES string of the molecule is C1=C[C@H]2Oc3cc4c(cc3OC2C=C1N(c1ccccc1)c1ccc2c(c1)sc1ccccc12)-c1ccccc1C41c2ccccc2-c2ccccc21. The first-order valence-electron chi connectivity index (χ1n) is 18.2. The van der Waals surface area contributed by atoms with Crippen molar-refractivity contribution in [1.82, 2.24) is 0 Å². The number of hydrogen-bond donors (Lipinski definition) is 0. The van der Waals surface area contributed by atoms with Gasteiger partial charge in [0.25, 0.3) is 0 Å². The summed E-state index contributed by atoms with van der Waals surface area (Å²) < 4.78 is 16.4. The van der Waals surface area contributed by atoms with Crippen LogP contribution in [-0.4, -0.2) is 12.2 Å². The topological polar surface area (TPSA) is 21.7 Å². The summed E-state index contributed by atoms with van der Waals surface area (Å²) in [5.74, 6) is 1.57. The monoisotopic (exact) mass is 697 g/mol. The molecule has 2 heterocycles. The molecule has 0 saturated carbocycles. The highest BCUT2D eigenvalue weighted by Crippen LogP contribution is 2.64. The average molecular weight is 698 g/mol. The number of fused-ring (bicyclic) bond motifs is 15. The second kappa shape index (κ2) is 10.8. The molecule has 3 nitrogen and oxygen atoms in total. The van der Waals surface area contributed by atoms with E-state index in [9.17, 15) is 0 Å². The fourth-order valence-corrected chi connectivity index (χ4v) is 10.6. The van der Waals surface area contributed by atoms with E-state index < -0.39 is 5.41 Å². The van der Waals surface area contributed by atoms with E-state index in [1.165, 1.54) is 64.7 Å². The van der Waals surface area contributed by atoms with Gasteiger partial charge in [0.05, 0.1) is 5.41 Å². The number of benzene rings is 7. The zero-order chi connectivity index (χ0) is 34.7. The number of para-hydroxylation sites is 1. The molecule has 1 aromatic heterocycles. The van der Waals surface area contributed by atoms with Crippen molar-refractivity contribution in [2.24, 2.45) is 0 Å². The molecule has 0 amide bonds. The number of allylic oxidation sites excluding steroid dienone is 1. The van der Waals surface area contributed by atoms with E-state index >= 15 is 0 Å². The minimum absolute atomic E-state index is 0.255. The smallest absolute Gasteiger partial charge is 0.163 e. The molecule has 4 heteroatoms. The van der Waals surface area contributed by atoms with Crippen molar-refractivity contribution in [3.05, 3.63) is 204 Å². The fourth-order valence-electron chi connectivity index (χ4n) is 9.43. The van der Waals surface area contributed by atoms with Crippen LogP contribution in [0, 0.1) is 0 Å². The van der Waals surface area contributed by atoms with Gasteiger partial charge in [0.2, 0.25) is 0 Å². The molecule has 53 heavy (non-hydrogen) atoms. The Morgan fingerprint density at radius 2 is 1.08 bits per heavy atom. The van der Waals surface area contributed by atoms with E-state index in [-0.39, 0.29) is 12.2 Å². The zero-order valence-corrected chi connectivity index (χ0v) is 29.4. The fraction of sp³-hybridized carbons (Fsp3) is 0.0612. The Morgan fingerprint density at radius 1 is 0.472 bits per heavy atom. The van der Waals surface area contributed by atoms with Gasteiger partial charge in [-0.1, -0.05) is 115 Å². The largest absolute Gasteiger partial charge is 0.478 e. The molecular weight excluding hydrogens is 667 g/mol. The van der Waals surface area contributed by atoms with E-state index in [1.807, 2.05) is 11.3 Å². The van der Waals surface area contributed by atoms with E-state index in [0.29, 0.717) is 0 Å². The van der Waals surface area contributed by atoms with Gasteiger partial charge in [-0.25, -0.2) is 0 Å². The summed E-state index contributed by atoms with van der Waals surface area (Å²) in [5, 5.41) is 2.59. The summed E-state index contributed by atoms with van der Waals surface area (Å²) in [7, 11) is 0. The molecule has 4 aliphatic rings. The number of ether oxygens (including phenoxy) is 2. The molecule has 1 spiro atoms. The van der Waals surface area contributed by atoms with Crippen LogP contribution in [-0.2, 0) is 5.41 Å². The first kappa shape index (κ1) is 29.2. The predicted octanol–water partition coefficient (Wildman–Crippen LogP) is 12.2. The van der Waals surface area contributed by atoms with Crippen LogP contribution in [0.3, 0.4) is 0 Å². The van der Waals surface area contributed by atoms with Gasteiger partial charge in [0, 0.05) is 37.2 Å². The van der Waals surface area contributed by atoms with Crippen LogP contribution in [0.4, 0.5) is 11.4 Å². The van der Waals surface area contributed by atoms with Crippen molar-refractivity contribution in [1.29, 1.82) is 0 Å². The maximum Gasteiger partial charge on any atom is 0.163 e. The summed E-state index contributed by atoms with van der Waals surface area (Å²) in [4.78, 5) is 2.33. The quantitative estimate of drug-likeness (QED) is 0.183. The third kappa shape index (κ3) is 3.99. The molecule has 0 bridgehead atoms. The lowest BCUT2D eigenvalue weighted by atomic mass is 9.70. The minimum atomic E-state index is -0.421. The van der Waals surface area contributed by atoms with Crippen molar-refractivity contribution < 1.29 is 9.47 Å². The summed E-state index contributed by atoms with van der Waals surface area (Å²) in [6.45, 7) is 0. The third-order valence-corrected chi connectivity index (χ3v) is 12.7. The van der Waals surface area contributed by atoms with Crippen molar-refractivity contribution in [2.45, 2.75) is 17.6 Å². The summed E-state index contributed by atoms with van der Waals surface area (Å²) >= 11 is 1.84. The first-order chi connectivity index (χ1) is 26.3. The van der Waals surface area contributed by atoms with Gasteiger partial charge >= 0.3 is 0 Å². The van der Waals surface area contributed by atoms with Crippen LogP contribution < -0.4 is 14.4 Å². The lowest BCUT2D eigenvalue weighted by Crippen LogP contribution is -2.40. The third-order valence-electron chi connectivity index (χ3n) is 11.6. The van der Waals surface area contributed by atoms with Crippen molar-refractivity contribution in [3.8, 4) is 33.8 Å². The standard InChI is InChI=1S/C49H31NO2S/c1-2-12-30(13-3-1)50(32-22-24-37-36-17-7-11-21-47(36)53-48(37)27-32)31-23-25-43-44(26-31)52-45-28-38-35-16-6-10-20-41(35)49(42(38)29-46(45)51-43)39-18-8-4-14-33(39)34-15-5-9-19-40(34)49/h1-29,43-44H/t43-,44?/m1/s1. The Balaban J connectivity index is 0.975. The Morgan fingerprint density at radius 3 is 1.83 bits per heavy atom. The van der Waals surface area contributed by atoms with Crippen LogP contribution >= 0.6 is 11.3 Å². The zero-order valence-electron chi connectivity index (χ0n) is 28.6. The van der Waals surface area contributed by atoms with E-state index in [0.717, 1.165) is 28.6 Å². The van der Waals surface area contributed by atoms with E-state index in [2.05, 4.69) is 181 Å². The van der Waals surface area contributed by atoms with Gasteiger partial charge < -0.3 is 14.4 Å². The van der Waals surface area contributed by atoms with Crippen molar-refractivity contribution >= 4 is 42.9 Å². The highest BCUT2D eigenvalue weighted by atomic mass is 32.1. The molecule has 12 rings (SSSR count). The Labute approximate surface area is 311 Å². The van der Waals surface area contributed by atoms with Crippen LogP contribution in [0.2, 0.25) is 0 Å². The molecule has 8 aromatic rings. The number of anilines is 2. The molecule has 0 fully saturated rings. The second-order valence-electron chi connectivity index (χ2n) is 14.3. The second-order valence-corrected chi connectivity index (χ2v) is 15.4. The maximum atomic E-state index is 6.95. The molecule has 1 aliphatic heterocycles. The summed E-state index contributed by atoms with van der Waals surface area (Å²) in [5.41, 5.74) is 13.1. The van der Waals surface area contributed by atoms with Gasteiger partial charge in [-0.05, 0) is 105 Å². The highest BCUT2D eigenvalue weighted by molar-refractivity contribution is 7.25. The van der Waals surface area contributed by atoms with Gasteiger partial charge in [-0.15, -0.1) is 11.3 Å². The van der Waals surface area contributed by atoms with Crippen LogP contribution in [0.25, 0.3) is 42.4 Å². The van der Waals surface area contributed by atoms with Gasteiger partial charge in [0.15, 0.2) is 23.7 Å². The maximum absolute atomic E-state index is 6.95. The van der Waals surface area contributed by atoms with E-state index in [4.69, 9.17) is 9.47 Å². The molecule has 0 N–H and O–H groups in total. The number of rotatable bonds is 3. The number of thiophene rings is 1. The van der Waals surface area contributed by atoms with Crippen molar-refractivity contribution in [3.63, 3.8) is 0 Å². The first-order valence-corrected chi connectivity index (χ1v) is 19.0. The molecule has 2 atom stereocenters. The molecular formula is C49H31NO2S. The molecule has 3 aliphatic carbocycles. The minimum Gasteiger partial charge on any atom is -0.478 e. The molecule has 0 saturated heterocycles. The Kier molecular flexibility index (Phi) is 5.98. The summed E-state index contributed by atoms with van der Waals surface area (Å²) in [6.07, 6.45) is 6.02. The Hall–Kier alpha value is -6.36. The van der Waals surface area contributed by atoms with Gasteiger partial charge in [-0.2, -0.15) is 0 Å². The lowest BCUT2D eigenvalue weighted by molar-refractivity contribution is 0.0748. The number of nitrogens with zero attached hydrogens (tertiary/aromatic N) is 1.